The fourth-order valence-electron chi connectivity index (χ4n) is 2.98. The number of rotatable bonds is 2. The molecule has 0 atom stereocenters. The van der Waals surface area contributed by atoms with E-state index in [4.69, 9.17) is 0 Å². The van der Waals surface area contributed by atoms with Gasteiger partial charge in [0.25, 0.3) is 5.91 Å². The zero-order chi connectivity index (χ0) is 17.2. The molecule has 0 unspecified atom stereocenters. The van der Waals surface area contributed by atoms with E-state index in [-0.39, 0.29) is 11.1 Å². The fourth-order valence-corrected chi connectivity index (χ4v) is 2.98. The van der Waals surface area contributed by atoms with Crippen LogP contribution in [0.25, 0.3) is 5.70 Å². The summed E-state index contributed by atoms with van der Waals surface area (Å²) in [6.45, 7) is 4.13. The van der Waals surface area contributed by atoms with Gasteiger partial charge in [-0.25, -0.2) is 0 Å². The molecule has 0 aliphatic carbocycles. The average molecular weight is 317 g/mol. The Morgan fingerprint density at radius 1 is 1.12 bits per heavy atom. The van der Waals surface area contributed by atoms with Crippen LogP contribution >= 0.6 is 0 Å². The van der Waals surface area contributed by atoms with Crippen molar-refractivity contribution < 1.29 is 4.79 Å². The number of hydrogen-bond donors (Lipinski definition) is 2. The number of anilines is 1. The minimum absolute atomic E-state index is 0.0964. The maximum absolute atomic E-state index is 12.6. The van der Waals surface area contributed by atoms with Crippen LogP contribution in [-0.2, 0) is 11.2 Å². The number of nitrogens with one attached hydrogen (secondary N) is 2. The molecule has 4 heteroatoms. The van der Waals surface area contributed by atoms with Gasteiger partial charge in [-0.2, -0.15) is 5.26 Å². The number of hydrogen-bond acceptors (Lipinski definition) is 3. The average Bonchev–Trinajstić information content (AvgIpc) is 2.55. The Morgan fingerprint density at radius 3 is 2.50 bits per heavy atom. The third-order valence-electron chi connectivity index (χ3n) is 4.00. The molecule has 2 N–H and O–H groups in total. The number of carbonyl (C=O) groups excluding carboxylic acids is 1. The van der Waals surface area contributed by atoms with E-state index in [1.807, 2.05) is 42.5 Å². The smallest absolute Gasteiger partial charge is 0.268 e. The van der Waals surface area contributed by atoms with Gasteiger partial charge >= 0.3 is 0 Å². The molecule has 0 spiro atoms. The van der Waals surface area contributed by atoms with E-state index in [1.165, 1.54) is 0 Å². The van der Waals surface area contributed by atoms with Crippen molar-refractivity contribution in [3.8, 4) is 6.07 Å². The van der Waals surface area contributed by atoms with Crippen LogP contribution in [0.3, 0.4) is 0 Å². The first-order valence-corrected chi connectivity index (χ1v) is 7.87. The number of nitriles is 1. The quantitative estimate of drug-likeness (QED) is 0.658. The summed E-state index contributed by atoms with van der Waals surface area (Å²) in [5.74, 6) is -0.404. The lowest BCUT2D eigenvalue weighted by molar-refractivity contribution is -0.112. The minimum atomic E-state index is -0.404. The number of carbonyl (C=O) groups is 1. The first-order chi connectivity index (χ1) is 11.5. The van der Waals surface area contributed by atoms with Crippen LogP contribution in [0.4, 0.5) is 5.69 Å². The Hall–Kier alpha value is -3.06. The zero-order valence-corrected chi connectivity index (χ0v) is 13.8. The Labute approximate surface area is 141 Å². The summed E-state index contributed by atoms with van der Waals surface area (Å²) >= 11 is 0. The van der Waals surface area contributed by atoms with E-state index in [0.717, 1.165) is 17.5 Å². The summed E-state index contributed by atoms with van der Waals surface area (Å²) < 4.78 is 0. The predicted octanol–water partition coefficient (Wildman–Crippen LogP) is 3.48. The zero-order valence-electron chi connectivity index (χ0n) is 13.8. The second kappa shape index (κ2) is 6.21. The molecule has 3 rings (SSSR count). The maximum atomic E-state index is 12.6. The molecule has 0 radical (unpaired) electrons. The van der Waals surface area contributed by atoms with Crippen LogP contribution in [0.1, 0.15) is 25.0 Å². The lowest BCUT2D eigenvalue weighted by Gasteiger charge is -2.36. The Balaban J connectivity index is 2.04. The van der Waals surface area contributed by atoms with Crippen molar-refractivity contribution in [1.29, 1.82) is 5.26 Å². The lowest BCUT2D eigenvalue weighted by Crippen LogP contribution is -2.44. The van der Waals surface area contributed by atoms with Gasteiger partial charge in [0, 0.05) is 16.8 Å². The first kappa shape index (κ1) is 15.8. The predicted molar refractivity (Wildman–Crippen MR) is 95.0 cm³/mol. The van der Waals surface area contributed by atoms with Crippen LogP contribution in [0.5, 0.6) is 0 Å². The second-order valence-corrected chi connectivity index (χ2v) is 6.52. The van der Waals surface area contributed by atoms with Crippen molar-refractivity contribution in [1.82, 2.24) is 5.32 Å². The van der Waals surface area contributed by atoms with E-state index < -0.39 is 5.91 Å². The summed E-state index contributed by atoms with van der Waals surface area (Å²) in [6.07, 6.45) is 0.839. The minimum Gasteiger partial charge on any atom is -0.378 e. The van der Waals surface area contributed by atoms with E-state index in [1.54, 1.807) is 12.1 Å². The fraction of sp³-hybridized carbons (Fsp3) is 0.200. The topological polar surface area (TPSA) is 64.9 Å². The monoisotopic (exact) mass is 317 g/mol. The summed E-state index contributed by atoms with van der Waals surface area (Å²) in [6, 6.07) is 19.1. The molecule has 1 aliphatic rings. The van der Waals surface area contributed by atoms with Gasteiger partial charge in [0.1, 0.15) is 11.6 Å². The molecular formula is C20H19N3O. The van der Waals surface area contributed by atoms with E-state index in [2.05, 4.69) is 30.6 Å². The molecule has 0 fully saturated rings. The third-order valence-corrected chi connectivity index (χ3v) is 4.00. The normalized spacial score (nSPS) is 17.0. The summed E-state index contributed by atoms with van der Waals surface area (Å²) in [4.78, 5) is 12.6. The third kappa shape index (κ3) is 3.16. The van der Waals surface area contributed by atoms with Crippen LogP contribution in [0.15, 0.2) is 60.2 Å². The van der Waals surface area contributed by atoms with E-state index in [9.17, 15) is 10.1 Å². The van der Waals surface area contributed by atoms with Gasteiger partial charge in [-0.05, 0) is 38.0 Å². The summed E-state index contributed by atoms with van der Waals surface area (Å²) in [5, 5.41) is 15.8. The van der Waals surface area contributed by atoms with Crippen molar-refractivity contribution in [3.05, 3.63) is 71.3 Å². The molecule has 2 aromatic carbocycles. The van der Waals surface area contributed by atoms with Crippen molar-refractivity contribution in [2.24, 2.45) is 0 Å². The second-order valence-electron chi connectivity index (χ2n) is 6.52. The van der Waals surface area contributed by atoms with Gasteiger partial charge in [-0.15, -0.1) is 0 Å². The summed E-state index contributed by atoms with van der Waals surface area (Å²) in [5.41, 5.74) is 3.18. The number of fused-ring (bicyclic) bond motifs is 1. The van der Waals surface area contributed by atoms with Crippen LogP contribution < -0.4 is 10.6 Å². The number of benzene rings is 2. The van der Waals surface area contributed by atoms with E-state index >= 15 is 0 Å². The molecule has 1 aliphatic heterocycles. The largest absolute Gasteiger partial charge is 0.378 e. The highest BCUT2D eigenvalue weighted by Gasteiger charge is 2.30. The molecule has 0 saturated carbocycles. The van der Waals surface area contributed by atoms with Crippen LogP contribution in [0, 0.1) is 11.3 Å². The molecule has 0 aromatic heterocycles. The molecule has 2 aromatic rings. The maximum Gasteiger partial charge on any atom is 0.268 e. The van der Waals surface area contributed by atoms with Crippen molar-refractivity contribution in [3.63, 3.8) is 0 Å². The van der Waals surface area contributed by atoms with Gasteiger partial charge in [0.2, 0.25) is 0 Å². The van der Waals surface area contributed by atoms with Crippen molar-refractivity contribution in [2.75, 3.05) is 5.32 Å². The standard InChI is InChI=1S/C20H19N3O/c1-20(2)12-14-8-6-7-11-16(14)18(23-20)17(13-21)19(24)22-15-9-4-3-5-10-15/h3-11,23H,12H2,1-2H3,(H,22,24). The van der Waals surface area contributed by atoms with Gasteiger partial charge in [-0.3, -0.25) is 4.79 Å². The molecule has 4 nitrogen and oxygen atoms in total. The highest BCUT2D eigenvalue weighted by molar-refractivity contribution is 6.12. The van der Waals surface area contributed by atoms with Gasteiger partial charge in [-0.1, -0.05) is 42.5 Å². The molecule has 1 amide bonds. The molecule has 1 heterocycles. The number of nitrogens with zero attached hydrogens (tertiary/aromatic N) is 1. The molecular weight excluding hydrogens is 298 g/mol. The summed E-state index contributed by atoms with van der Waals surface area (Å²) in [7, 11) is 0. The molecule has 0 bridgehead atoms. The first-order valence-electron chi connectivity index (χ1n) is 7.87. The van der Waals surface area contributed by atoms with Gasteiger partial charge in [0.05, 0.1) is 5.70 Å². The molecule has 0 saturated heterocycles. The van der Waals surface area contributed by atoms with Crippen molar-refractivity contribution >= 4 is 17.3 Å². The van der Waals surface area contributed by atoms with Crippen molar-refractivity contribution in [2.45, 2.75) is 25.8 Å². The number of para-hydroxylation sites is 1. The molecule has 24 heavy (non-hydrogen) atoms. The van der Waals surface area contributed by atoms with Gasteiger partial charge in [0.15, 0.2) is 0 Å². The van der Waals surface area contributed by atoms with Crippen LogP contribution in [0.2, 0.25) is 0 Å². The Kier molecular flexibility index (Phi) is 4.09. The van der Waals surface area contributed by atoms with E-state index in [0.29, 0.717) is 11.4 Å². The van der Waals surface area contributed by atoms with Crippen LogP contribution in [-0.4, -0.2) is 11.4 Å². The Bertz CT molecular complexity index is 845. The highest BCUT2D eigenvalue weighted by atomic mass is 16.1. The number of amides is 1. The lowest BCUT2D eigenvalue weighted by atomic mass is 9.84. The van der Waals surface area contributed by atoms with Gasteiger partial charge < -0.3 is 10.6 Å². The highest BCUT2D eigenvalue weighted by Crippen LogP contribution is 2.31. The SMILES string of the molecule is CC1(C)Cc2ccccc2C(=C(C#N)C(=O)Nc2ccccc2)N1. The Morgan fingerprint density at radius 2 is 1.79 bits per heavy atom. The molecule has 120 valence electrons.